The van der Waals surface area contributed by atoms with Crippen molar-refractivity contribution >= 4 is 21.7 Å². The number of halogens is 1. The van der Waals surface area contributed by atoms with Gasteiger partial charge in [-0.15, -0.1) is 0 Å². The highest BCUT2D eigenvalue weighted by atomic mass is 32.2. The lowest BCUT2D eigenvalue weighted by molar-refractivity contribution is 0.0697. The quantitative estimate of drug-likeness (QED) is 0.626. The average Bonchev–Trinajstić information content (AvgIpc) is 2.67. The minimum atomic E-state index is -4.00. The number of carboxylic acid groups (broad SMARTS) is 1. The van der Waals surface area contributed by atoms with Crippen LogP contribution in [0.5, 0.6) is 0 Å². The third-order valence-electron chi connectivity index (χ3n) is 4.24. The molecule has 0 aromatic heterocycles. The van der Waals surface area contributed by atoms with E-state index in [9.17, 15) is 17.6 Å². The highest BCUT2D eigenvalue weighted by Crippen LogP contribution is 2.19. The molecule has 0 fully saturated rings. The van der Waals surface area contributed by atoms with Crippen LogP contribution in [0.2, 0.25) is 0 Å². The zero-order chi connectivity index (χ0) is 20.1. The zero-order valence-electron chi connectivity index (χ0n) is 14.8. The molecule has 0 heterocycles. The average molecular weight is 399 g/mol. The van der Waals surface area contributed by atoms with Gasteiger partial charge in [0.2, 0.25) is 0 Å². The molecule has 0 saturated heterocycles. The lowest BCUT2D eigenvalue weighted by Crippen LogP contribution is -2.14. The Hall–Kier alpha value is -3.19. The number of sulfonamides is 1. The van der Waals surface area contributed by atoms with Crippen LogP contribution in [0.1, 0.15) is 21.5 Å². The number of aromatic carboxylic acids is 1. The van der Waals surface area contributed by atoms with Gasteiger partial charge >= 0.3 is 5.97 Å². The van der Waals surface area contributed by atoms with E-state index < -0.39 is 26.7 Å². The molecule has 0 aliphatic carbocycles. The molecule has 0 spiro atoms. The van der Waals surface area contributed by atoms with Crippen LogP contribution in [-0.4, -0.2) is 19.5 Å². The molecule has 28 heavy (non-hydrogen) atoms. The summed E-state index contributed by atoms with van der Waals surface area (Å²) in [6.45, 7) is 0. The smallest absolute Gasteiger partial charge is 0.335 e. The number of benzene rings is 3. The van der Waals surface area contributed by atoms with Crippen LogP contribution < -0.4 is 4.72 Å². The van der Waals surface area contributed by atoms with Crippen molar-refractivity contribution in [2.75, 3.05) is 4.72 Å². The van der Waals surface area contributed by atoms with Crippen molar-refractivity contribution in [1.29, 1.82) is 0 Å². The van der Waals surface area contributed by atoms with E-state index in [0.29, 0.717) is 12.1 Å². The Bertz CT molecular complexity index is 1080. The van der Waals surface area contributed by atoms with Crippen LogP contribution in [0.4, 0.5) is 10.1 Å². The maximum absolute atomic E-state index is 13.7. The summed E-state index contributed by atoms with van der Waals surface area (Å²) in [6, 6.07) is 18.7. The van der Waals surface area contributed by atoms with E-state index in [-0.39, 0.29) is 5.56 Å². The Morgan fingerprint density at radius 1 is 0.857 bits per heavy atom. The number of nitrogens with one attached hydrogen (secondary N) is 1. The Kier molecular flexibility index (Phi) is 5.75. The molecule has 0 saturated carbocycles. The van der Waals surface area contributed by atoms with Gasteiger partial charge in [-0.25, -0.2) is 17.6 Å². The lowest BCUT2D eigenvalue weighted by Gasteiger charge is -2.09. The molecule has 3 aromatic rings. The van der Waals surface area contributed by atoms with Crippen molar-refractivity contribution in [1.82, 2.24) is 0 Å². The van der Waals surface area contributed by atoms with Crippen LogP contribution in [0.25, 0.3) is 0 Å². The first kappa shape index (κ1) is 19.6. The van der Waals surface area contributed by atoms with Gasteiger partial charge in [0, 0.05) is 5.69 Å². The van der Waals surface area contributed by atoms with Crippen LogP contribution >= 0.6 is 0 Å². The van der Waals surface area contributed by atoms with E-state index in [4.69, 9.17) is 5.11 Å². The summed E-state index contributed by atoms with van der Waals surface area (Å²) in [4.78, 5) is 10.5. The molecule has 0 atom stereocenters. The zero-order valence-corrected chi connectivity index (χ0v) is 15.6. The summed E-state index contributed by atoms with van der Waals surface area (Å²) in [5.41, 5.74) is 2.60. The molecule has 5 nitrogen and oxygen atoms in total. The first-order valence-electron chi connectivity index (χ1n) is 8.54. The van der Waals surface area contributed by atoms with Gasteiger partial charge in [-0.05, 0) is 60.4 Å². The first-order valence-corrected chi connectivity index (χ1v) is 10.0. The Morgan fingerprint density at radius 2 is 1.39 bits per heavy atom. The van der Waals surface area contributed by atoms with Crippen molar-refractivity contribution in [2.45, 2.75) is 17.7 Å². The SMILES string of the molecule is O=C(O)c1ccc(CCc2ccc(NS(=O)(=O)c3ccccc3F)cc2)cc1. The third-order valence-corrected chi connectivity index (χ3v) is 5.65. The fourth-order valence-corrected chi connectivity index (χ4v) is 3.85. The molecule has 0 aliphatic heterocycles. The standard InChI is InChI=1S/C21H18FNO4S/c22-19-3-1-2-4-20(19)28(26,27)23-18-13-9-16(10-14-18)6-5-15-7-11-17(12-8-15)21(24)25/h1-4,7-14,23H,5-6H2,(H,24,25). The molecular weight excluding hydrogens is 381 g/mol. The van der Waals surface area contributed by atoms with Crippen LogP contribution in [-0.2, 0) is 22.9 Å². The molecule has 0 amide bonds. The van der Waals surface area contributed by atoms with Crippen molar-refractivity contribution in [3.05, 3.63) is 95.3 Å². The maximum atomic E-state index is 13.7. The van der Waals surface area contributed by atoms with Crippen molar-refractivity contribution in [3.8, 4) is 0 Å². The number of carbonyl (C=O) groups is 1. The predicted octanol–water partition coefficient (Wildman–Crippen LogP) is 4.11. The summed E-state index contributed by atoms with van der Waals surface area (Å²) >= 11 is 0. The fraction of sp³-hybridized carbons (Fsp3) is 0.0952. The Balaban J connectivity index is 1.63. The summed E-state index contributed by atoms with van der Waals surface area (Å²) in [5.74, 6) is -1.76. The molecule has 3 aromatic carbocycles. The highest BCUT2D eigenvalue weighted by Gasteiger charge is 2.18. The molecule has 0 radical (unpaired) electrons. The topological polar surface area (TPSA) is 83.5 Å². The van der Waals surface area contributed by atoms with Gasteiger partial charge in [0.05, 0.1) is 5.56 Å². The van der Waals surface area contributed by atoms with Gasteiger partial charge < -0.3 is 5.11 Å². The van der Waals surface area contributed by atoms with E-state index in [1.807, 2.05) is 0 Å². The molecule has 0 aliphatic rings. The number of carboxylic acids is 1. The summed E-state index contributed by atoms with van der Waals surface area (Å²) in [6.07, 6.45) is 1.44. The van der Waals surface area contributed by atoms with Crippen LogP contribution in [0.3, 0.4) is 0 Å². The molecule has 144 valence electrons. The predicted molar refractivity (Wildman–Crippen MR) is 104 cm³/mol. The monoisotopic (exact) mass is 399 g/mol. The van der Waals surface area contributed by atoms with Gasteiger partial charge in [0.1, 0.15) is 10.7 Å². The highest BCUT2D eigenvalue weighted by molar-refractivity contribution is 7.92. The number of hydrogen-bond donors (Lipinski definition) is 2. The van der Waals surface area contributed by atoms with Crippen molar-refractivity contribution in [3.63, 3.8) is 0 Å². The van der Waals surface area contributed by atoms with Crippen molar-refractivity contribution in [2.24, 2.45) is 0 Å². The van der Waals surface area contributed by atoms with E-state index in [2.05, 4.69) is 4.72 Å². The minimum Gasteiger partial charge on any atom is -0.478 e. The minimum absolute atomic E-state index is 0.246. The summed E-state index contributed by atoms with van der Waals surface area (Å²) < 4.78 is 40.7. The van der Waals surface area contributed by atoms with Gasteiger partial charge in [0.15, 0.2) is 0 Å². The molecule has 7 heteroatoms. The molecular formula is C21H18FNO4S. The van der Waals surface area contributed by atoms with Crippen LogP contribution in [0, 0.1) is 5.82 Å². The van der Waals surface area contributed by atoms with Gasteiger partial charge in [-0.3, -0.25) is 4.72 Å². The number of aryl methyl sites for hydroxylation is 2. The maximum Gasteiger partial charge on any atom is 0.335 e. The summed E-state index contributed by atoms with van der Waals surface area (Å²) in [5, 5.41) is 8.91. The molecule has 3 rings (SSSR count). The lowest BCUT2D eigenvalue weighted by atomic mass is 10.0. The van der Waals surface area contributed by atoms with Crippen molar-refractivity contribution < 1.29 is 22.7 Å². The van der Waals surface area contributed by atoms with Crippen LogP contribution in [0.15, 0.2) is 77.7 Å². The Morgan fingerprint density at radius 3 is 1.93 bits per heavy atom. The second-order valence-electron chi connectivity index (χ2n) is 6.23. The van der Waals surface area contributed by atoms with Gasteiger partial charge in [-0.1, -0.05) is 36.4 Å². The van der Waals surface area contributed by atoms with Gasteiger partial charge in [0.25, 0.3) is 10.0 Å². The Labute approximate surface area is 162 Å². The summed E-state index contributed by atoms with van der Waals surface area (Å²) in [7, 11) is -4.00. The fourth-order valence-electron chi connectivity index (χ4n) is 2.71. The molecule has 0 bridgehead atoms. The van der Waals surface area contributed by atoms with Gasteiger partial charge in [-0.2, -0.15) is 0 Å². The van der Waals surface area contributed by atoms with E-state index in [1.54, 1.807) is 48.5 Å². The molecule has 2 N–H and O–H groups in total. The number of hydrogen-bond acceptors (Lipinski definition) is 3. The largest absolute Gasteiger partial charge is 0.478 e. The second kappa shape index (κ2) is 8.22. The van der Waals surface area contributed by atoms with E-state index in [0.717, 1.165) is 23.6 Å². The van der Waals surface area contributed by atoms with E-state index >= 15 is 0 Å². The third kappa shape index (κ3) is 4.75. The second-order valence-corrected chi connectivity index (χ2v) is 7.89. The number of anilines is 1. The number of rotatable bonds is 7. The normalized spacial score (nSPS) is 11.2. The van der Waals surface area contributed by atoms with E-state index in [1.165, 1.54) is 18.2 Å². The first-order chi connectivity index (χ1) is 13.3. The molecule has 0 unspecified atom stereocenters.